The molecule has 1 fully saturated rings. The molecule has 18 heavy (non-hydrogen) atoms. The van der Waals surface area contributed by atoms with Gasteiger partial charge in [0.2, 0.25) is 0 Å². The van der Waals surface area contributed by atoms with E-state index in [1.54, 1.807) is 0 Å². The fourth-order valence-electron chi connectivity index (χ4n) is 2.56. The third kappa shape index (κ3) is 4.29. The Labute approximate surface area is 117 Å². The Morgan fingerprint density at radius 2 is 1.83 bits per heavy atom. The molecule has 1 aromatic rings. The molecule has 0 aliphatic heterocycles. The Kier molecular flexibility index (Phi) is 5.51. The van der Waals surface area contributed by atoms with Crippen LogP contribution in [0.5, 0.6) is 5.75 Å². The van der Waals surface area contributed by atoms with Gasteiger partial charge < -0.3 is 9.84 Å². The summed E-state index contributed by atoms with van der Waals surface area (Å²) in [4.78, 5) is 0. The molecule has 1 saturated carbocycles. The first-order chi connectivity index (χ1) is 8.75. The van der Waals surface area contributed by atoms with Crippen molar-refractivity contribution in [3.8, 4) is 5.75 Å². The van der Waals surface area contributed by atoms with Gasteiger partial charge in [-0.3, -0.25) is 0 Å². The zero-order valence-electron chi connectivity index (χ0n) is 10.6. The summed E-state index contributed by atoms with van der Waals surface area (Å²) in [5.74, 6) is 1.32. The highest BCUT2D eigenvalue weighted by molar-refractivity contribution is 9.10. The van der Waals surface area contributed by atoms with Crippen LogP contribution in [0.1, 0.15) is 38.5 Å². The van der Waals surface area contributed by atoms with Gasteiger partial charge in [-0.2, -0.15) is 0 Å². The number of ether oxygens (including phenoxy) is 1. The van der Waals surface area contributed by atoms with Gasteiger partial charge in [0.05, 0.1) is 12.7 Å². The van der Waals surface area contributed by atoms with Crippen LogP contribution in [0.3, 0.4) is 0 Å². The zero-order valence-corrected chi connectivity index (χ0v) is 12.2. The highest BCUT2D eigenvalue weighted by atomic mass is 79.9. The lowest BCUT2D eigenvalue weighted by atomic mass is 9.94. The molecule has 1 aromatic carbocycles. The zero-order chi connectivity index (χ0) is 12.8. The normalized spacial score (nSPS) is 24.6. The molecule has 2 unspecified atom stereocenters. The van der Waals surface area contributed by atoms with Gasteiger partial charge in [0.25, 0.3) is 0 Å². The van der Waals surface area contributed by atoms with Crippen molar-refractivity contribution in [2.75, 3.05) is 6.61 Å². The summed E-state index contributed by atoms with van der Waals surface area (Å²) in [5, 5.41) is 10.0. The van der Waals surface area contributed by atoms with E-state index in [9.17, 15) is 5.11 Å². The minimum Gasteiger partial charge on any atom is -0.494 e. The van der Waals surface area contributed by atoms with Crippen LogP contribution < -0.4 is 4.74 Å². The van der Waals surface area contributed by atoms with Gasteiger partial charge in [0, 0.05) is 4.47 Å². The number of aliphatic hydroxyl groups excluding tert-OH is 1. The molecule has 2 rings (SSSR count). The molecule has 0 amide bonds. The highest BCUT2D eigenvalue weighted by Gasteiger charge is 2.21. The largest absolute Gasteiger partial charge is 0.494 e. The molecule has 3 heteroatoms. The van der Waals surface area contributed by atoms with Gasteiger partial charge in [-0.1, -0.05) is 35.2 Å². The second-order valence-electron chi connectivity index (χ2n) is 5.06. The molecule has 1 N–H and O–H groups in total. The van der Waals surface area contributed by atoms with Crippen molar-refractivity contribution in [2.24, 2.45) is 5.92 Å². The number of rotatable bonds is 4. The summed E-state index contributed by atoms with van der Waals surface area (Å²) in [7, 11) is 0. The van der Waals surface area contributed by atoms with Crippen LogP contribution >= 0.6 is 15.9 Å². The van der Waals surface area contributed by atoms with Crippen molar-refractivity contribution in [2.45, 2.75) is 44.6 Å². The quantitative estimate of drug-likeness (QED) is 0.846. The third-order valence-corrected chi connectivity index (χ3v) is 4.22. The lowest BCUT2D eigenvalue weighted by molar-refractivity contribution is 0.0861. The molecule has 0 bridgehead atoms. The van der Waals surface area contributed by atoms with Gasteiger partial charge >= 0.3 is 0 Å². The van der Waals surface area contributed by atoms with E-state index < -0.39 is 0 Å². The SMILES string of the molecule is OC1CCCCCC1CCOc1ccc(Br)cc1. The topological polar surface area (TPSA) is 29.5 Å². The first kappa shape index (κ1) is 13.9. The lowest BCUT2D eigenvalue weighted by Gasteiger charge is -2.20. The Bertz CT molecular complexity index is 350. The summed E-state index contributed by atoms with van der Waals surface area (Å²) in [5.41, 5.74) is 0. The van der Waals surface area contributed by atoms with E-state index in [0.29, 0.717) is 12.5 Å². The van der Waals surface area contributed by atoms with Crippen LogP contribution in [0.25, 0.3) is 0 Å². The minimum atomic E-state index is -0.124. The summed E-state index contributed by atoms with van der Waals surface area (Å²) < 4.78 is 6.78. The van der Waals surface area contributed by atoms with Crippen LogP contribution in [0.4, 0.5) is 0 Å². The summed E-state index contributed by atoms with van der Waals surface area (Å²) >= 11 is 3.40. The standard InChI is InChI=1S/C15H21BrO2/c16-13-6-8-14(9-7-13)18-11-10-12-4-2-1-3-5-15(12)17/h6-9,12,15,17H,1-5,10-11H2. The van der Waals surface area contributed by atoms with Crippen LogP contribution in [-0.4, -0.2) is 17.8 Å². The first-order valence-electron chi connectivity index (χ1n) is 6.82. The Hall–Kier alpha value is -0.540. The van der Waals surface area contributed by atoms with E-state index in [1.807, 2.05) is 24.3 Å². The van der Waals surface area contributed by atoms with E-state index >= 15 is 0 Å². The third-order valence-electron chi connectivity index (χ3n) is 3.69. The first-order valence-corrected chi connectivity index (χ1v) is 7.61. The number of halogens is 1. The Morgan fingerprint density at radius 1 is 1.11 bits per heavy atom. The van der Waals surface area contributed by atoms with Crippen molar-refractivity contribution < 1.29 is 9.84 Å². The summed E-state index contributed by atoms with van der Waals surface area (Å²) in [6, 6.07) is 7.90. The predicted octanol–water partition coefficient (Wildman–Crippen LogP) is 4.16. The number of hydrogen-bond donors (Lipinski definition) is 1. The second-order valence-corrected chi connectivity index (χ2v) is 5.97. The van der Waals surface area contributed by atoms with Crippen molar-refractivity contribution in [3.05, 3.63) is 28.7 Å². The fraction of sp³-hybridized carbons (Fsp3) is 0.600. The number of hydrogen-bond acceptors (Lipinski definition) is 2. The monoisotopic (exact) mass is 312 g/mol. The van der Waals surface area contributed by atoms with Crippen LogP contribution in [-0.2, 0) is 0 Å². The smallest absolute Gasteiger partial charge is 0.119 e. The molecule has 2 nitrogen and oxygen atoms in total. The van der Waals surface area contributed by atoms with Gasteiger partial charge in [0.1, 0.15) is 5.75 Å². The molecule has 0 aromatic heterocycles. The predicted molar refractivity (Wildman–Crippen MR) is 76.8 cm³/mol. The molecule has 0 heterocycles. The van der Waals surface area contributed by atoms with Crippen molar-refractivity contribution >= 4 is 15.9 Å². The van der Waals surface area contributed by atoms with Gasteiger partial charge in [-0.15, -0.1) is 0 Å². The van der Waals surface area contributed by atoms with Crippen LogP contribution in [0, 0.1) is 5.92 Å². The van der Waals surface area contributed by atoms with Gasteiger partial charge in [-0.05, 0) is 49.4 Å². The van der Waals surface area contributed by atoms with E-state index in [1.165, 1.54) is 19.3 Å². The van der Waals surface area contributed by atoms with E-state index in [2.05, 4.69) is 15.9 Å². The Balaban J connectivity index is 1.75. The van der Waals surface area contributed by atoms with Gasteiger partial charge in [0.15, 0.2) is 0 Å². The van der Waals surface area contributed by atoms with Crippen molar-refractivity contribution in [1.82, 2.24) is 0 Å². The fourth-order valence-corrected chi connectivity index (χ4v) is 2.82. The summed E-state index contributed by atoms with van der Waals surface area (Å²) in [6.07, 6.45) is 6.62. The van der Waals surface area contributed by atoms with Gasteiger partial charge in [-0.25, -0.2) is 0 Å². The second kappa shape index (κ2) is 7.15. The molecule has 2 atom stereocenters. The molecule has 1 aliphatic rings. The van der Waals surface area contributed by atoms with Crippen LogP contribution in [0.2, 0.25) is 0 Å². The molecular formula is C15H21BrO2. The Morgan fingerprint density at radius 3 is 2.61 bits per heavy atom. The average Bonchev–Trinajstić information content (AvgIpc) is 2.57. The maximum Gasteiger partial charge on any atom is 0.119 e. The minimum absolute atomic E-state index is 0.124. The van der Waals surface area contributed by atoms with E-state index in [-0.39, 0.29) is 6.10 Å². The maximum absolute atomic E-state index is 10.0. The van der Waals surface area contributed by atoms with Crippen LogP contribution in [0.15, 0.2) is 28.7 Å². The van der Waals surface area contributed by atoms with Crippen molar-refractivity contribution in [3.63, 3.8) is 0 Å². The van der Waals surface area contributed by atoms with E-state index in [0.717, 1.165) is 29.5 Å². The lowest BCUT2D eigenvalue weighted by Crippen LogP contribution is -2.21. The molecule has 0 saturated heterocycles. The molecule has 0 radical (unpaired) electrons. The van der Waals surface area contributed by atoms with Crippen molar-refractivity contribution in [1.29, 1.82) is 0 Å². The number of aliphatic hydroxyl groups is 1. The maximum atomic E-state index is 10.0. The number of benzene rings is 1. The summed E-state index contributed by atoms with van der Waals surface area (Å²) in [6.45, 7) is 0.698. The molecule has 100 valence electrons. The average molecular weight is 313 g/mol. The molecular weight excluding hydrogens is 292 g/mol. The molecule has 0 spiro atoms. The molecule has 1 aliphatic carbocycles. The highest BCUT2D eigenvalue weighted by Crippen LogP contribution is 2.26. The van der Waals surface area contributed by atoms with E-state index in [4.69, 9.17) is 4.74 Å².